The van der Waals surface area contributed by atoms with Crippen molar-refractivity contribution in [2.75, 3.05) is 13.1 Å². The predicted octanol–water partition coefficient (Wildman–Crippen LogP) is 2.04. The van der Waals surface area contributed by atoms with Gasteiger partial charge in [0.2, 0.25) is 10.0 Å². The van der Waals surface area contributed by atoms with Crippen LogP contribution in [0.25, 0.3) is 11.1 Å². The molecule has 22 heavy (non-hydrogen) atoms. The zero-order chi connectivity index (χ0) is 15.9. The Kier molecular flexibility index (Phi) is 3.86. The molecule has 0 radical (unpaired) electrons. The van der Waals surface area contributed by atoms with Gasteiger partial charge in [0.15, 0.2) is 5.58 Å². The number of hydrogen-bond donors (Lipinski definition) is 0. The minimum absolute atomic E-state index is 0.186. The molecule has 0 saturated carbocycles. The Balaban J connectivity index is 2.04. The summed E-state index contributed by atoms with van der Waals surface area (Å²) in [5.41, 5.74) is 0.941. The van der Waals surface area contributed by atoms with Crippen LogP contribution < -0.4 is 5.76 Å². The lowest BCUT2D eigenvalue weighted by atomic mass is 10.0. The minimum atomic E-state index is -3.53. The maximum absolute atomic E-state index is 12.7. The largest absolute Gasteiger partial charge is 0.419 e. The second-order valence-electron chi connectivity index (χ2n) is 5.85. The molecule has 0 bridgehead atoms. The van der Waals surface area contributed by atoms with Gasteiger partial charge in [0.1, 0.15) is 0 Å². The van der Waals surface area contributed by atoms with Crippen molar-refractivity contribution >= 4 is 21.1 Å². The van der Waals surface area contributed by atoms with Crippen LogP contribution in [-0.2, 0) is 16.6 Å². The maximum atomic E-state index is 12.7. The number of piperidine rings is 1. The van der Waals surface area contributed by atoms with Crippen LogP contribution >= 0.6 is 0 Å². The lowest BCUT2D eigenvalue weighted by molar-refractivity contribution is 0.281. The number of oxazole rings is 1. The van der Waals surface area contributed by atoms with Crippen molar-refractivity contribution in [1.29, 1.82) is 0 Å². The molecule has 0 aliphatic carbocycles. The van der Waals surface area contributed by atoms with Crippen molar-refractivity contribution in [2.24, 2.45) is 5.92 Å². The van der Waals surface area contributed by atoms with E-state index in [-0.39, 0.29) is 4.90 Å². The number of aryl methyl sites for hydroxylation is 1. The summed E-state index contributed by atoms with van der Waals surface area (Å²) in [6.45, 7) is 5.48. The van der Waals surface area contributed by atoms with Crippen molar-refractivity contribution in [3.05, 3.63) is 28.7 Å². The SMILES string of the molecule is CCn1c(=O)oc2cc(S(=O)(=O)N3CCCC(C)C3)ccc21. The number of sulfonamides is 1. The average molecular weight is 324 g/mol. The van der Waals surface area contributed by atoms with Gasteiger partial charge in [-0.25, -0.2) is 13.2 Å². The van der Waals surface area contributed by atoms with E-state index in [1.165, 1.54) is 14.9 Å². The van der Waals surface area contributed by atoms with Crippen LogP contribution in [0, 0.1) is 5.92 Å². The van der Waals surface area contributed by atoms with Gasteiger partial charge in [-0.1, -0.05) is 6.92 Å². The zero-order valence-corrected chi connectivity index (χ0v) is 13.6. The first-order valence-corrected chi connectivity index (χ1v) is 9.01. The van der Waals surface area contributed by atoms with Gasteiger partial charge in [-0.15, -0.1) is 0 Å². The topological polar surface area (TPSA) is 72.5 Å². The number of aromatic nitrogens is 1. The summed E-state index contributed by atoms with van der Waals surface area (Å²) >= 11 is 0. The number of nitrogens with zero attached hydrogens (tertiary/aromatic N) is 2. The van der Waals surface area contributed by atoms with Crippen molar-refractivity contribution in [3.63, 3.8) is 0 Å². The van der Waals surface area contributed by atoms with Crippen molar-refractivity contribution < 1.29 is 12.8 Å². The molecular weight excluding hydrogens is 304 g/mol. The molecule has 1 unspecified atom stereocenters. The minimum Gasteiger partial charge on any atom is -0.408 e. The summed E-state index contributed by atoms with van der Waals surface area (Å²) in [5, 5.41) is 0. The van der Waals surface area contributed by atoms with E-state index in [9.17, 15) is 13.2 Å². The second-order valence-corrected chi connectivity index (χ2v) is 7.79. The quantitative estimate of drug-likeness (QED) is 0.866. The molecule has 3 rings (SSSR count). The monoisotopic (exact) mass is 324 g/mol. The Morgan fingerprint density at radius 1 is 1.36 bits per heavy atom. The van der Waals surface area contributed by atoms with Gasteiger partial charge in [0.25, 0.3) is 0 Å². The van der Waals surface area contributed by atoms with Gasteiger partial charge in [-0.3, -0.25) is 4.57 Å². The molecule has 1 aliphatic rings. The van der Waals surface area contributed by atoms with Gasteiger partial charge >= 0.3 is 5.76 Å². The predicted molar refractivity (Wildman–Crippen MR) is 83.3 cm³/mol. The molecule has 1 aromatic heterocycles. The van der Waals surface area contributed by atoms with Crippen LogP contribution in [0.3, 0.4) is 0 Å². The van der Waals surface area contributed by atoms with E-state index < -0.39 is 15.8 Å². The molecule has 120 valence electrons. The second kappa shape index (κ2) is 5.55. The van der Waals surface area contributed by atoms with E-state index in [0.717, 1.165) is 12.8 Å². The fourth-order valence-corrected chi connectivity index (χ4v) is 4.63. The third-order valence-corrected chi connectivity index (χ3v) is 6.07. The van der Waals surface area contributed by atoms with Gasteiger partial charge in [-0.05, 0) is 37.8 Å². The Hall–Kier alpha value is -1.60. The van der Waals surface area contributed by atoms with E-state index in [1.54, 1.807) is 12.1 Å². The summed E-state index contributed by atoms with van der Waals surface area (Å²) in [6, 6.07) is 4.65. The lowest BCUT2D eigenvalue weighted by Gasteiger charge is -2.29. The first kappa shape index (κ1) is 15.3. The van der Waals surface area contributed by atoms with Gasteiger partial charge in [0, 0.05) is 25.7 Å². The number of fused-ring (bicyclic) bond motifs is 1. The lowest BCUT2D eigenvalue weighted by Crippen LogP contribution is -2.39. The molecule has 1 aromatic carbocycles. The highest BCUT2D eigenvalue weighted by Gasteiger charge is 2.29. The molecule has 0 spiro atoms. The average Bonchev–Trinajstić information content (AvgIpc) is 2.81. The number of rotatable bonds is 3. The summed E-state index contributed by atoms with van der Waals surface area (Å²) in [4.78, 5) is 11.9. The van der Waals surface area contributed by atoms with E-state index in [0.29, 0.717) is 36.7 Å². The van der Waals surface area contributed by atoms with Crippen molar-refractivity contribution in [2.45, 2.75) is 38.1 Å². The smallest absolute Gasteiger partial charge is 0.408 e. The highest BCUT2D eigenvalue weighted by Crippen LogP contribution is 2.25. The highest BCUT2D eigenvalue weighted by molar-refractivity contribution is 7.89. The molecule has 1 aliphatic heterocycles. The van der Waals surface area contributed by atoms with Gasteiger partial charge < -0.3 is 4.42 Å². The molecule has 2 heterocycles. The third-order valence-electron chi connectivity index (χ3n) is 4.21. The first-order chi connectivity index (χ1) is 10.4. The van der Waals surface area contributed by atoms with Crippen LogP contribution in [0.4, 0.5) is 0 Å². The van der Waals surface area contributed by atoms with Crippen LogP contribution in [0.1, 0.15) is 26.7 Å². The first-order valence-electron chi connectivity index (χ1n) is 7.57. The fraction of sp³-hybridized carbons (Fsp3) is 0.533. The van der Waals surface area contributed by atoms with Crippen LogP contribution in [0.15, 0.2) is 32.3 Å². The Labute approximate surface area is 129 Å². The maximum Gasteiger partial charge on any atom is 0.419 e. The van der Waals surface area contributed by atoms with Gasteiger partial charge in [-0.2, -0.15) is 4.31 Å². The summed E-state index contributed by atoms with van der Waals surface area (Å²) in [6.07, 6.45) is 1.93. The number of benzene rings is 1. The normalized spacial score (nSPS) is 20.5. The van der Waals surface area contributed by atoms with Crippen molar-refractivity contribution in [3.8, 4) is 0 Å². The third kappa shape index (κ3) is 2.48. The molecule has 1 fully saturated rings. The molecule has 2 aromatic rings. The van der Waals surface area contributed by atoms with Crippen LogP contribution in [-0.4, -0.2) is 30.4 Å². The Morgan fingerprint density at radius 2 is 2.14 bits per heavy atom. The Bertz CT molecular complexity index is 850. The zero-order valence-electron chi connectivity index (χ0n) is 12.8. The standard InChI is InChI=1S/C15H20N2O4S/c1-3-17-13-7-6-12(9-14(13)21-15(17)18)22(19,20)16-8-4-5-11(2)10-16/h6-7,9,11H,3-5,8,10H2,1-2H3. The fourth-order valence-electron chi connectivity index (χ4n) is 3.02. The summed E-state index contributed by atoms with van der Waals surface area (Å²) in [7, 11) is -3.53. The molecule has 7 heteroatoms. The summed E-state index contributed by atoms with van der Waals surface area (Å²) < 4.78 is 33.6. The molecular formula is C15H20N2O4S. The Morgan fingerprint density at radius 3 is 2.82 bits per heavy atom. The van der Waals surface area contributed by atoms with Crippen molar-refractivity contribution in [1.82, 2.24) is 8.87 Å². The molecule has 0 amide bonds. The van der Waals surface area contributed by atoms with E-state index in [1.807, 2.05) is 6.92 Å². The van der Waals surface area contributed by atoms with E-state index in [4.69, 9.17) is 4.42 Å². The molecule has 1 atom stereocenters. The molecule has 6 nitrogen and oxygen atoms in total. The van der Waals surface area contributed by atoms with Gasteiger partial charge in [0.05, 0.1) is 10.4 Å². The molecule has 0 N–H and O–H groups in total. The highest BCUT2D eigenvalue weighted by atomic mass is 32.2. The van der Waals surface area contributed by atoms with E-state index >= 15 is 0 Å². The van der Waals surface area contributed by atoms with Crippen LogP contribution in [0.5, 0.6) is 0 Å². The van der Waals surface area contributed by atoms with E-state index in [2.05, 4.69) is 6.92 Å². The number of hydrogen-bond acceptors (Lipinski definition) is 4. The summed E-state index contributed by atoms with van der Waals surface area (Å²) in [5.74, 6) is -0.0926. The molecule has 1 saturated heterocycles. The van der Waals surface area contributed by atoms with Crippen LogP contribution in [0.2, 0.25) is 0 Å².